The second kappa shape index (κ2) is 4.04. The fraction of sp³-hybridized carbons (Fsp3) is 0.400. The molecule has 2 rings (SSSR count). The smallest absolute Gasteiger partial charge is 0.301 e. The first-order valence-corrected chi connectivity index (χ1v) is 6.48. The highest BCUT2D eigenvalue weighted by molar-refractivity contribution is 7.90. The van der Waals surface area contributed by atoms with Gasteiger partial charge in [-0.3, -0.25) is 4.31 Å². The largest absolute Gasteiger partial charge is 0.388 e. The normalized spacial score (nSPS) is 20.6. The van der Waals surface area contributed by atoms with Crippen molar-refractivity contribution in [3.63, 3.8) is 0 Å². The standard InChI is InChI=1S/C10H14N2O3S/c1-11-16(14,15)12-7-6-10(13)8-4-2-3-5-9(8)12/h2-5,10-11,13H,6-7H2,1H3. The summed E-state index contributed by atoms with van der Waals surface area (Å²) in [4.78, 5) is 0. The molecule has 5 nitrogen and oxygen atoms in total. The van der Waals surface area contributed by atoms with Crippen LogP contribution in [0.3, 0.4) is 0 Å². The second-order valence-corrected chi connectivity index (χ2v) is 5.44. The molecule has 0 saturated heterocycles. The number of benzene rings is 1. The maximum Gasteiger partial charge on any atom is 0.301 e. The predicted octanol–water partition coefficient (Wildman–Crippen LogP) is 0.394. The number of rotatable bonds is 2. The van der Waals surface area contributed by atoms with Crippen LogP contribution in [-0.4, -0.2) is 27.1 Å². The van der Waals surface area contributed by atoms with Crippen LogP contribution in [0.2, 0.25) is 0 Å². The number of hydrogen-bond acceptors (Lipinski definition) is 3. The zero-order valence-electron chi connectivity index (χ0n) is 8.92. The van der Waals surface area contributed by atoms with Crippen LogP contribution in [0.15, 0.2) is 24.3 Å². The number of aliphatic hydroxyl groups excluding tert-OH is 1. The Morgan fingerprint density at radius 1 is 1.44 bits per heavy atom. The van der Waals surface area contributed by atoms with Gasteiger partial charge in [0.25, 0.3) is 0 Å². The summed E-state index contributed by atoms with van der Waals surface area (Å²) in [7, 11) is -2.11. The third-order valence-electron chi connectivity index (χ3n) is 2.72. The number of nitrogens with zero attached hydrogens (tertiary/aromatic N) is 1. The van der Waals surface area contributed by atoms with Gasteiger partial charge in [0.2, 0.25) is 0 Å². The van der Waals surface area contributed by atoms with Crippen LogP contribution < -0.4 is 9.03 Å². The van der Waals surface area contributed by atoms with E-state index >= 15 is 0 Å². The lowest BCUT2D eigenvalue weighted by Gasteiger charge is -2.32. The number of hydrogen-bond donors (Lipinski definition) is 2. The lowest BCUT2D eigenvalue weighted by Crippen LogP contribution is -2.42. The van der Waals surface area contributed by atoms with E-state index < -0.39 is 16.3 Å². The summed E-state index contributed by atoms with van der Waals surface area (Å²) in [6.45, 7) is 0.293. The summed E-state index contributed by atoms with van der Waals surface area (Å²) in [5.41, 5.74) is 1.21. The molecule has 1 aromatic carbocycles. The van der Waals surface area contributed by atoms with Gasteiger partial charge in [-0.05, 0) is 12.5 Å². The molecular weight excluding hydrogens is 228 g/mol. The average Bonchev–Trinajstić information content (AvgIpc) is 2.29. The highest BCUT2D eigenvalue weighted by atomic mass is 32.2. The van der Waals surface area contributed by atoms with Crippen molar-refractivity contribution in [1.29, 1.82) is 0 Å². The maximum atomic E-state index is 11.8. The Hall–Kier alpha value is -1.11. The number of anilines is 1. The molecule has 0 bridgehead atoms. The maximum absolute atomic E-state index is 11.8. The minimum Gasteiger partial charge on any atom is -0.388 e. The van der Waals surface area contributed by atoms with E-state index in [9.17, 15) is 13.5 Å². The quantitative estimate of drug-likeness (QED) is 0.788. The minimum absolute atomic E-state index is 0.293. The van der Waals surface area contributed by atoms with E-state index in [1.807, 2.05) is 0 Å². The molecule has 0 spiro atoms. The van der Waals surface area contributed by atoms with Gasteiger partial charge in [0.05, 0.1) is 11.8 Å². The third kappa shape index (κ3) is 1.79. The summed E-state index contributed by atoms with van der Waals surface area (Å²) in [6.07, 6.45) is -0.169. The van der Waals surface area contributed by atoms with Crippen molar-refractivity contribution in [2.75, 3.05) is 17.9 Å². The molecule has 1 heterocycles. The Balaban J connectivity index is 2.51. The Bertz CT molecular complexity index is 487. The van der Waals surface area contributed by atoms with Gasteiger partial charge in [-0.15, -0.1) is 0 Å². The lowest BCUT2D eigenvalue weighted by atomic mass is 10.0. The first kappa shape index (κ1) is 11.4. The fourth-order valence-electron chi connectivity index (χ4n) is 1.87. The molecule has 0 saturated carbocycles. The van der Waals surface area contributed by atoms with E-state index in [0.717, 1.165) is 0 Å². The van der Waals surface area contributed by atoms with Gasteiger partial charge in [0.15, 0.2) is 0 Å². The number of para-hydroxylation sites is 1. The molecule has 1 unspecified atom stereocenters. The van der Waals surface area contributed by atoms with Crippen molar-refractivity contribution in [1.82, 2.24) is 4.72 Å². The molecule has 6 heteroatoms. The van der Waals surface area contributed by atoms with Gasteiger partial charge in [-0.25, -0.2) is 4.72 Å². The van der Waals surface area contributed by atoms with E-state index in [4.69, 9.17) is 0 Å². The first-order chi connectivity index (χ1) is 7.56. The van der Waals surface area contributed by atoms with Gasteiger partial charge in [-0.2, -0.15) is 8.42 Å². The van der Waals surface area contributed by atoms with Crippen molar-refractivity contribution in [2.24, 2.45) is 0 Å². The van der Waals surface area contributed by atoms with Crippen LogP contribution >= 0.6 is 0 Å². The summed E-state index contributed by atoms with van der Waals surface area (Å²) < 4.78 is 27.1. The second-order valence-electron chi connectivity index (χ2n) is 3.64. The zero-order chi connectivity index (χ0) is 11.8. The average molecular weight is 242 g/mol. The highest BCUT2D eigenvalue weighted by Crippen LogP contribution is 2.34. The molecule has 1 aliphatic rings. The van der Waals surface area contributed by atoms with E-state index in [1.54, 1.807) is 24.3 Å². The summed E-state index contributed by atoms with van der Waals surface area (Å²) in [5.74, 6) is 0. The lowest BCUT2D eigenvalue weighted by molar-refractivity contribution is 0.166. The van der Waals surface area contributed by atoms with Gasteiger partial charge in [0, 0.05) is 19.2 Å². The van der Waals surface area contributed by atoms with E-state index in [0.29, 0.717) is 24.2 Å². The van der Waals surface area contributed by atoms with E-state index in [-0.39, 0.29) is 0 Å². The molecule has 0 radical (unpaired) electrons. The first-order valence-electron chi connectivity index (χ1n) is 5.04. The van der Waals surface area contributed by atoms with Crippen LogP contribution in [0.25, 0.3) is 0 Å². The number of aliphatic hydroxyl groups is 1. The van der Waals surface area contributed by atoms with E-state index in [1.165, 1.54) is 11.4 Å². The van der Waals surface area contributed by atoms with Crippen molar-refractivity contribution in [3.05, 3.63) is 29.8 Å². The van der Waals surface area contributed by atoms with Crippen LogP contribution in [0.1, 0.15) is 18.1 Å². The zero-order valence-corrected chi connectivity index (χ0v) is 9.74. The molecule has 1 aliphatic heterocycles. The molecule has 0 aromatic heterocycles. The van der Waals surface area contributed by atoms with Gasteiger partial charge >= 0.3 is 10.2 Å². The third-order valence-corrected chi connectivity index (χ3v) is 4.19. The topological polar surface area (TPSA) is 69.6 Å². The Kier molecular flexibility index (Phi) is 2.88. The SMILES string of the molecule is CNS(=O)(=O)N1CCC(O)c2ccccc21. The Morgan fingerprint density at radius 2 is 2.12 bits per heavy atom. The Morgan fingerprint density at radius 3 is 2.81 bits per heavy atom. The molecule has 2 N–H and O–H groups in total. The van der Waals surface area contributed by atoms with Gasteiger partial charge < -0.3 is 5.11 Å². The summed E-state index contributed by atoms with van der Waals surface area (Å²) >= 11 is 0. The van der Waals surface area contributed by atoms with E-state index in [2.05, 4.69) is 4.72 Å². The summed E-state index contributed by atoms with van der Waals surface area (Å²) in [6, 6.07) is 7.00. The van der Waals surface area contributed by atoms with Crippen LogP contribution in [0.5, 0.6) is 0 Å². The summed E-state index contributed by atoms with van der Waals surface area (Å²) in [5, 5.41) is 9.78. The van der Waals surface area contributed by atoms with Crippen LogP contribution in [0, 0.1) is 0 Å². The van der Waals surface area contributed by atoms with Gasteiger partial charge in [0.1, 0.15) is 0 Å². The minimum atomic E-state index is -3.49. The molecule has 1 atom stereocenters. The van der Waals surface area contributed by atoms with Crippen molar-refractivity contribution >= 4 is 15.9 Å². The Labute approximate surface area is 94.9 Å². The molecule has 1 aromatic rings. The molecule has 0 aliphatic carbocycles. The monoisotopic (exact) mass is 242 g/mol. The fourth-order valence-corrected chi connectivity index (χ4v) is 2.86. The van der Waals surface area contributed by atoms with Crippen molar-refractivity contribution in [2.45, 2.75) is 12.5 Å². The van der Waals surface area contributed by atoms with Crippen molar-refractivity contribution < 1.29 is 13.5 Å². The number of fused-ring (bicyclic) bond motifs is 1. The predicted molar refractivity (Wildman–Crippen MR) is 61.3 cm³/mol. The highest BCUT2D eigenvalue weighted by Gasteiger charge is 2.29. The van der Waals surface area contributed by atoms with Gasteiger partial charge in [-0.1, -0.05) is 18.2 Å². The molecule has 0 fully saturated rings. The molecule has 88 valence electrons. The number of nitrogens with one attached hydrogen (secondary N) is 1. The molecule has 0 amide bonds. The van der Waals surface area contributed by atoms with Crippen LogP contribution in [-0.2, 0) is 10.2 Å². The molecular formula is C10H14N2O3S. The van der Waals surface area contributed by atoms with Crippen LogP contribution in [0.4, 0.5) is 5.69 Å². The van der Waals surface area contributed by atoms with Crippen molar-refractivity contribution in [3.8, 4) is 0 Å². The molecule has 16 heavy (non-hydrogen) atoms.